The third-order valence-electron chi connectivity index (χ3n) is 12.0. The van der Waals surface area contributed by atoms with Crippen LogP contribution in [0.3, 0.4) is 0 Å². The molecule has 69 heavy (non-hydrogen) atoms. The molecular weight excluding hydrogens is 929 g/mol. The van der Waals surface area contributed by atoms with Crippen LogP contribution in [-0.4, -0.2) is 161 Å². The van der Waals surface area contributed by atoms with Crippen molar-refractivity contribution in [2.24, 2.45) is 11.8 Å². The maximum Gasteiger partial charge on any atom is 0.427 e. The van der Waals surface area contributed by atoms with Gasteiger partial charge >= 0.3 is 12.1 Å². The second-order valence-corrected chi connectivity index (χ2v) is 17.8. The number of hydrazine groups is 1. The van der Waals surface area contributed by atoms with Crippen molar-refractivity contribution in [3.05, 3.63) is 17.7 Å². The van der Waals surface area contributed by atoms with Crippen LogP contribution in [0.5, 0.6) is 5.75 Å². The number of aromatic amines is 1. The Balaban J connectivity index is 1.76. The molecule has 27 heteroatoms. The van der Waals surface area contributed by atoms with Crippen LogP contribution in [-0.2, 0) is 54.4 Å². The lowest BCUT2D eigenvalue weighted by Gasteiger charge is -2.31. The van der Waals surface area contributed by atoms with E-state index in [1.807, 2.05) is 0 Å². The zero-order valence-electron chi connectivity index (χ0n) is 38.4. The molecule has 1 aromatic carbocycles. The van der Waals surface area contributed by atoms with Crippen LogP contribution < -0.4 is 58.1 Å². The van der Waals surface area contributed by atoms with Crippen LogP contribution in [0.4, 0.5) is 10.5 Å². The molecule has 10 amide bonds. The Hall–Kier alpha value is -7.00. The molecule has 0 radical (unpaired) electrons. The molecule has 0 aliphatic carbocycles. The number of hydrogen-bond donors (Lipinski definition) is 13. The molecule has 2 bridgehead atoms. The highest BCUT2D eigenvalue weighted by atomic mass is 32.2. The van der Waals surface area contributed by atoms with Crippen molar-refractivity contribution in [1.29, 1.82) is 0 Å². The number of carboxylic acids is 1. The summed E-state index contributed by atoms with van der Waals surface area (Å²) < 4.78 is 5.41. The number of rotatable bonds is 10. The SMILES string of the molecule is CCC(C)[C@@H]1NC(=O)[C@@H]2C[C@@H](O)CN2C(=O)[C@H](CC(=O)O)NC(=O)[C@@H]2CSc3[nH]c4c(NC=O)c(OC(=O)NNC)ccc4c3C[C@H](NC1=O)C(=O)NCC(=O)N[C@@H]([C@@H](C)CC)C(=O)NCC(=O)N2. The second kappa shape index (κ2) is 23.8. The molecule has 1 fully saturated rings. The highest BCUT2D eigenvalue weighted by molar-refractivity contribution is 7.99. The van der Waals surface area contributed by atoms with Gasteiger partial charge in [0.25, 0.3) is 0 Å². The van der Waals surface area contributed by atoms with Crippen LogP contribution in [0.2, 0.25) is 0 Å². The summed E-state index contributed by atoms with van der Waals surface area (Å²) in [5.74, 6) is -10.6. The number of hydrogen-bond acceptors (Lipinski definition) is 15. The Bertz CT molecular complexity index is 2350. The molecular formula is C42H58N12O14S. The van der Waals surface area contributed by atoms with Gasteiger partial charge in [-0.2, -0.15) is 0 Å². The minimum absolute atomic E-state index is 0.0743. The smallest absolute Gasteiger partial charge is 0.427 e. The number of nitrogens with zero attached hydrogens (tertiary/aromatic N) is 1. The number of aliphatic hydroxyl groups is 1. The van der Waals surface area contributed by atoms with Gasteiger partial charge in [0.2, 0.25) is 53.7 Å². The van der Waals surface area contributed by atoms with Crippen LogP contribution in [0.1, 0.15) is 58.9 Å². The summed E-state index contributed by atoms with van der Waals surface area (Å²) in [5.41, 5.74) is 4.93. The predicted molar refractivity (Wildman–Crippen MR) is 244 cm³/mol. The molecule has 4 heterocycles. The number of carboxylic acid groups (broad SMARTS) is 1. The van der Waals surface area contributed by atoms with Gasteiger partial charge in [-0.05, 0) is 29.5 Å². The monoisotopic (exact) mass is 986 g/mol. The topological polar surface area (TPSA) is 377 Å². The number of benzene rings is 1. The van der Waals surface area contributed by atoms with E-state index < -0.39 is 152 Å². The number of H-pyrrole nitrogens is 1. The Morgan fingerprint density at radius 3 is 2.14 bits per heavy atom. The molecule has 1 unspecified atom stereocenters. The number of thioether (sulfide) groups is 1. The van der Waals surface area contributed by atoms with Crippen molar-refractivity contribution < 1.29 is 67.7 Å². The molecule has 3 aliphatic rings. The molecule has 0 saturated carbocycles. The van der Waals surface area contributed by atoms with Crippen molar-refractivity contribution >= 4 is 94.1 Å². The molecule has 13 N–H and O–H groups in total. The number of aliphatic carboxylic acids is 1. The van der Waals surface area contributed by atoms with E-state index in [2.05, 4.69) is 58.4 Å². The fraction of sp³-hybridized carbons (Fsp3) is 0.548. The van der Waals surface area contributed by atoms with E-state index in [0.29, 0.717) is 19.3 Å². The minimum Gasteiger partial charge on any atom is -0.481 e. The van der Waals surface area contributed by atoms with E-state index in [0.717, 1.165) is 16.7 Å². The molecule has 0 spiro atoms. The number of ether oxygens (including phenoxy) is 1. The molecule has 9 atom stereocenters. The first-order valence-corrected chi connectivity index (χ1v) is 23.2. The Morgan fingerprint density at radius 2 is 1.51 bits per heavy atom. The van der Waals surface area contributed by atoms with E-state index in [1.165, 1.54) is 19.2 Å². The summed E-state index contributed by atoms with van der Waals surface area (Å²) in [4.78, 5) is 153. The zero-order valence-corrected chi connectivity index (χ0v) is 39.3. The lowest BCUT2D eigenvalue weighted by atomic mass is 9.96. The first-order valence-electron chi connectivity index (χ1n) is 22.2. The number of carbonyl (C=O) groups is 11. The number of fused-ring (bicyclic) bond motifs is 5. The van der Waals surface area contributed by atoms with E-state index in [-0.39, 0.29) is 39.4 Å². The Kier molecular flexibility index (Phi) is 18.3. The first-order chi connectivity index (χ1) is 32.8. The maximum absolute atomic E-state index is 14.5. The minimum atomic E-state index is -1.86. The molecule has 2 aromatic rings. The standard InChI is InChI=1S/C42H58N12O14S/c1-6-18(3)31-38(64)45-13-28(57)47-25-16-69-40-22(21-8-9-27(68-42(67)53-43-5)34(46-17-55)33(21)52-40)11-23(35(61)44-14-29(58)50-31)48-39(65)32(19(4)7-2)51-37(63)26-10-20(56)15-54(26)41(66)24(12-30(59)60)49-36(25)62/h8-9,17-20,23-26,31-32,43,52,56H,6-7,10-16H2,1-5H3,(H,44,61)(H,45,64)(H,46,55)(H,47,57)(H,48,65)(H,49,62)(H,50,58)(H,51,63)(H,53,67)(H,59,60)/t18-,19?,20+,23-,24-,25-,26-,31-,32-/m0/s1. The third kappa shape index (κ3) is 13.2. The fourth-order valence-corrected chi connectivity index (χ4v) is 9.10. The summed E-state index contributed by atoms with van der Waals surface area (Å²) in [6, 6.07) is -6.33. The summed E-state index contributed by atoms with van der Waals surface area (Å²) in [6.45, 7) is 4.92. The molecule has 5 rings (SSSR count). The van der Waals surface area contributed by atoms with Gasteiger partial charge in [0, 0.05) is 37.6 Å². The van der Waals surface area contributed by atoms with Gasteiger partial charge in [-0.1, -0.05) is 40.5 Å². The van der Waals surface area contributed by atoms with Crippen LogP contribution in [0.25, 0.3) is 10.9 Å². The number of carbonyl (C=O) groups excluding carboxylic acids is 10. The lowest BCUT2D eigenvalue weighted by Crippen LogP contribution is -2.61. The van der Waals surface area contributed by atoms with Crippen LogP contribution >= 0.6 is 11.8 Å². The Morgan fingerprint density at radius 1 is 0.855 bits per heavy atom. The van der Waals surface area contributed by atoms with Gasteiger partial charge < -0.3 is 67.4 Å². The van der Waals surface area contributed by atoms with Gasteiger partial charge in [0.1, 0.15) is 41.9 Å². The van der Waals surface area contributed by atoms with E-state index >= 15 is 0 Å². The number of aromatic nitrogens is 1. The average Bonchev–Trinajstić information content (AvgIpc) is 3.88. The van der Waals surface area contributed by atoms with Crippen molar-refractivity contribution in [3.8, 4) is 5.75 Å². The number of amides is 10. The molecule has 26 nitrogen and oxygen atoms in total. The fourth-order valence-electron chi connectivity index (χ4n) is 7.99. The lowest BCUT2D eigenvalue weighted by molar-refractivity contribution is -0.146. The van der Waals surface area contributed by atoms with Crippen molar-refractivity contribution in [1.82, 2.24) is 58.0 Å². The normalized spacial score (nSPS) is 25.5. The second-order valence-electron chi connectivity index (χ2n) is 16.8. The highest BCUT2D eigenvalue weighted by Gasteiger charge is 2.44. The van der Waals surface area contributed by atoms with E-state index in [9.17, 15) is 63.0 Å². The number of anilines is 1. The zero-order chi connectivity index (χ0) is 50.7. The highest BCUT2D eigenvalue weighted by Crippen LogP contribution is 2.39. The van der Waals surface area contributed by atoms with Crippen molar-refractivity contribution in [2.75, 3.05) is 37.8 Å². The predicted octanol–water partition coefficient (Wildman–Crippen LogP) is -3.19. The molecule has 3 aliphatic heterocycles. The summed E-state index contributed by atoms with van der Waals surface area (Å²) in [6.07, 6.45) is -3.00. The molecule has 376 valence electrons. The van der Waals surface area contributed by atoms with Crippen LogP contribution in [0.15, 0.2) is 17.2 Å². The number of aliphatic hydroxyl groups excluding tert-OH is 1. The van der Waals surface area contributed by atoms with E-state index in [1.54, 1.807) is 27.7 Å². The van der Waals surface area contributed by atoms with Gasteiger partial charge in [0.15, 0.2) is 5.75 Å². The average molecular weight is 987 g/mol. The largest absolute Gasteiger partial charge is 0.481 e. The van der Waals surface area contributed by atoms with E-state index in [4.69, 9.17) is 4.74 Å². The summed E-state index contributed by atoms with van der Waals surface area (Å²) in [5, 5.41) is 41.3. The quantitative estimate of drug-likeness (QED) is 0.0824. The maximum atomic E-state index is 14.5. The molecule has 1 saturated heterocycles. The number of nitrogens with one attached hydrogen (secondary N) is 11. The van der Waals surface area contributed by atoms with Gasteiger partial charge in [-0.25, -0.2) is 10.2 Å². The summed E-state index contributed by atoms with van der Waals surface area (Å²) in [7, 11) is 1.40. The van der Waals surface area contributed by atoms with Crippen molar-refractivity contribution in [3.63, 3.8) is 0 Å². The van der Waals surface area contributed by atoms with Gasteiger partial charge in [-0.15, -0.1) is 11.8 Å². The van der Waals surface area contributed by atoms with Gasteiger partial charge in [-0.3, -0.25) is 53.4 Å². The Labute approximate surface area is 399 Å². The third-order valence-corrected chi connectivity index (χ3v) is 13.2. The molecule has 1 aromatic heterocycles. The van der Waals surface area contributed by atoms with Gasteiger partial charge in [0.05, 0.1) is 36.2 Å². The summed E-state index contributed by atoms with van der Waals surface area (Å²) >= 11 is 0.866. The van der Waals surface area contributed by atoms with Crippen LogP contribution in [0, 0.1) is 11.8 Å². The van der Waals surface area contributed by atoms with Crippen molar-refractivity contribution in [2.45, 2.75) is 107 Å². The first kappa shape index (κ1) is 53.0.